The van der Waals surface area contributed by atoms with Crippen molar-refractivity contribution >= 4 is 11.4 Å². The first kappa shape index (κ1) is 15.7. The van der Waals surface area contributed by atoms with Gasteiger partial charge in [-0.3, -0.25) is 9.11 Å². The molecule has 0 aromatic rings. The molecule has 0 radical (unpaired) electrons. The molecule has 0 unspecified atom stereocenters. The van der Waals surface area contributed by atoms with Crippen LogP contribution in [0.5, 0.6) is 0 Å². The Hall–Kier alpha value is 2.07. The fourth-order valence-electron chi connectivity index (χ4n) is 0. The summed E-state index contributed by atoms with van der Waals surface area (Å²) in [5.74, 6) is 0. The van der Waals surface area contributed by atoms with E-state index in [1.807, 2.05) is 0 Å². The summed E-state index contributed by atoms with van der Waals surface area (Å²) < 4.78 is 22.8. The Morgan fingerprint density at radius 2 is 1.33 bits per heavy atom. The van der Waals surface area contributed by atoms with Gasteiger partial charge in [0.1, 0.15) is 0 Å². The van der Waals surface area contributed by atoms with Crippen LogP contribution in [0.25, 0.3) is 0 Å². The van der Waals surface area contributed by atoms with Crippen molar-refractivity contribution in [3.63, 3.8) is 0 Å². The minimum atomic E-state index is -2.61. The second-order valence-corrected chi connectivity index (χ2v) is 0.692. The summed E-state index contributed by atoms with van der Waals surface area (Å²) in [5, 5.41) is 0. The monoisotopic (exact) mass is 130 g/mol. The van der Waals surface area contributed by atoms with E-state index in [4.69, 9.17) is 13.3 Å². The summed E-state index contributed by atoms with van der Waals surface area (Å²) >= 11 is -2.61. The Balaban J connectivity index is -0.00000000750. The van der Waals surface area contributed by atoms with Gasteiger partial charge in [0, 0.05) is 0 Å². The van der Waals surface area contributed by atoms with Gasteiger partial charge in [0.2, 0.25) is 0 Å². The topological polar surface area (TPSA) is 57.5 Å². The molecule has 0 aromatic carbocycles. The molecule has 0 aliphatic rings. The van der Waals surface area contributed by atoms with Crippen LogP contribution in [0.3, 0.4) is 0 Å². The van der Waals surface area contributed by atoms with Crippen LogP contribution in [0.1, 0.15) is 2.85 Å². The molecule has 0 atom stereocenters. The van der Waals surface area contributed by atoms with Crippen molar-refractivity contribution in [2.24, 2.45) is 0 Å². The molecule has 0 aromatic heterocycles. The van der Waals surface area contributed by atoms with E-state index in [9.17, 15) is 0 Å². The minimum Gasteiger partial charge on any atom is -1.00 e. The molecule has 0 rings (SSSR count). The molecule has 6 heteroatoms. The normalized spacial score (nSPS) is 5.83. The SMILES string of the molecule is O=S(O)O.[H-].[H-].[Na+].[Na+]. The van der Waals surface area contributed by atoms with E-state index < -0.39 is 11.4 Å². The first-order chi connectivity index (χ1) is 1.73. The van der Waals surface area contributed by atoms with Gasteiger partial charge in [-0.1, -0.05) is 0 Å². The molecule has 0 bridgehead atoms. The smallest absolute Gasteiger partial charge is 1.00 e. The Kier molecular flexibility index (Phi) is 26.5. The summed E-state index contributed by atoms with van der Waals surface area (Å²) in [5.41, 5.74) is 0. The third-order valence-corrected chi connectivity index (χ3v) is 0. The second kappa shape index (κ2) is 10.1. The zero-order chi connectivity index (χ0) is 3.58. The van der Waals surface area contributed by atoms with Gasteiger partial charge >= 0.3 is 59.1 Å². The first-order valence-corrected chi connectivity index (χ1v) is 1.60. The molecule has 0 aliphatic carbocycles. The maximum atomic E-state index is 8.67. The van der Waals surface area contributed by atoms with Gasteiger partial charge < -0.3 is 2.85 Å². The third kappa shape index (κ3) is 36.4. The van der Waals surface area contributed by atoms with Crippen LogP contribution in [-0.2, 0) is 11.4 Å². The van der Waals surface area contributed by atoms with Crippen LogP contribution in [0, 0.1) is 0 Å². The maximum absolute atomic E-state index is 8.67. The molecule has 0 aliphatic heterocycles. The number of hydrogen-bond donors (Lipinski definition) is 2. The van der Waals surface area contributed by atoms with E-state index in [0.29, 0.717) is 0 Å². The van der Waals surface area contributed by atoms with Crippen LogP contribution >= 0.6 is 0 Å². The first-order valence-electron chi connectivity index (χ1n) is 0.532. The average Bonchev–Trinajstić information content (AvgIpc) is 0.811. The molecule has 0 heterocycles. The number of rotatable bonds is 0. The summed E-state index contributed by atoms with van der Waals surface area (Å²) in [4.78, 5) is 0. The molecular weight excluding hydrogens is 126 g/mol. The Labute approximate surface area is 85.6 Å². The predicted molar refractivity (Wildman–Crippen MR) is 15.6 cm³/mol. The predicted octanol–water partition coefficient (Wildman–Crippen LogP) is -6.09. The van der Waals surface area contributed by atoms with E-state index in [-0.39, 0.29) is 62.0 Å². The van der Waals surface area contributed by atoms with Gasteiger partial charge in [-0.2, -0.15) is 4.21 Å². The van der Waals surface area contributed by atoms with Crippen LogP contribution in [0.4, 0.5) is 0 Å². The van der Waals surface area contributed by atoms with E-state index in [2.05, 4.69) is 0 Å². The van der Waals surface area contributed by atoms with Gasteiger partial charge in [-0.15, -0.1) is 0 Å². The molecular formula is H4Na2O3S. The molecule has 0 spiro atoms. The second-order valence-electron chi connectivity index (χ2n) is 0.231. The van der Waals surface area contributed by atoms with Crippen LogP contribution < -0.4 is 59.1 Å². The standard InChI is InChI=1S/2Na.H2O3S.2H/c;;1-4(2)3;;/h;;(H2,1,2,3);;/q2*+1;;2*-1. The van der Waals surface area contributed by atoms with Crippen molar-refractivity contribution in [2.75, 3.05) is 0 Å². The van der Waals surface area contributed by atoms with Crippen LogP contribution in [0.15, 0.2) is 0 Å². The van der Waals surface area contributed by atoms with Gasteiger partial charge in [0.15, 0.2) is 0 Å². The van der Waals surface area contributed by atoms with E-state index in [0.717, 1.165) is 0 Å². The fourth-order valence-corrected chi connectivity index (χ4v) is 0. The minimum absolute atomic E-state index is 0. The molecule has 3 nitrogen and oxygen atoms in total. The van der Waals surface area contributed by atoms with Crippen molar-refractivity contribution < 1.29 is 75.3 Å². The Bertz CT molecular complexity index is 38.3. The molecule has 6 heavy (non-hydrogen) atoms. The van der Waals surface area contributed by atoms with E-state index in [1.165, 1.54) is 0 Å². The number of hydrogen-bond acceptors (Lipinski definition) is 1. The molecule has 2 N–H and O–H groups in total. The van der Waals surface area contributed by atoms with Gasteiger partial charge in [0.05, 0.1) is 0 Å². The third-order valence-electron chi connectivity index (χ3n) is 0. The maximum Gasteiger partial charge on any atom is 1.00 e. The van der Waals surface area contributed by atoms with Crippen molar-refractivity contribution in [1.82, 2.24) is 0 Å². The van der Waals surface area contributed by atoms with Crippen LogP contribution in [-0.4, -0.2) is 13.3 Å². The summed E-state index contributed by atoms with van der Waals surface area (Å²) in [6, 6.07) is 0. The zero-order valence-corrected chi connectivity index (χ0v) is 8.53. The molecule has 0 amide bonds. The molecule has 30 valence electrons. The fraction of sp³-hybridized carbons (Fsp3) is 0. The summed E-state index contributed by atoms with van der Waals surface area (Å²) in [6.07, 6.45) is 0. The van der Waals surface area contributed by atoms with Gasteiger partial charge in [0.25, 0.3) is 11.4 Å². The van der Waals surface area contributed by atoms with Crippen molar-refractivity contribution in [2.45, 2.75) is 0 Å². The average molecular weight is 130 g/mol. The largest absolute Gasteiger partial charge is 1.00 e. The van der Waals surface area contributed by atoms with Gasteiger partial charge in [-0.25, -0.2) is 0 Å². The van der Waals surface area contributed by atoms with Gasteiger partial charge in [-0.05, 0) is 0 Å². The Morgan fingerprint density at radius 1 is 1.33 bits per heavy atom. The van der Waals surface area contributed by atoms with Crippen molar-refractivity contribution in [3.8, 4) is 0 Å². The summed E-state index contributed by atoms with van der Waals surface area (Å²) in [7, 11) is 0. The van der Waals surface area contributed by atoms with E-state index >= 15 is 0 Å². The van der Waals surface area contributed by atoms with Crippen molar-refractivity contribution in [1.29, 1.82) is 0 Å². The van der Waals surface area contributed by atoms with Crippen LogP contribution in [0.2, 0.25) is 0 Å². The van der Waals surface area contributed by atoms with Crippen molar-refractivity contribution in [3.05, 3.63) is 0 Å². The molecule has 0 fully saturated rings. The van der Waals surface area contributed by atoms with E-state index in [1.54, 1.807) is 0 Å². The molecule has 0 saturated heterocycles. The summed E-state index contributed by atoms with van der Waals surface area (Å²) in [6.45, 7) is 0. The zero-order valence-electron chi connectivity index (χ0n) is 5.71. The Morgan fingerprint density at radius 3 is 1.33 bits per heavy atom. The quantitative estimate of drug-likeness (QED) is 0.253. The molecule has 0 saturated carbocycles.